The first-order valence-electron chi connectivity index (χ1n) is 6.32. The van der Waals surface area contributed by atoms with Gasteiger partial charge >= 0.3 is 0 Å². The van der Waals surface area contributed by atoms with Crippen molar-refractivity contribution in [1.29, 1.82) is 0 Å². The van der Waals surface area contributed by atoms with E-state index in [1.807, 2.05) is 19.1 Å². The molecule has 0 amide bonds. The van der Waals surface area contributed by atoms with Gasteiger partial charge in [-0.1, -0.05) is 23.2 Å². The topological polar surface area (TPSA) is 48.1 Å². The number of fused-ring (bicyclic) bond motifs is 1. The van der Waals surface area contributed by atoms with Crippen LogP contribution in [0.3, 0.4) is 0 Å². The molecule has 0 radical (unpaired) electrons. The number of anilines is 1. The lowest BCUT2D eigenvalue weighted by Crippen LogP contribution is -1.93. The molecule has 1 aromatic heterocycles. The van der Waals surface area contributed by atoms with Gasteiger partial charge in [0.1, 0.15) is 11.5 Å². The summed E-state index contributed by atoms with van der Waals surface area (Å²) < 4.78 is 5.91. The minimum absolute atomic E-state index is 0.496. The van der Waals surface area contributed by atoms with Gasteiger partial charge in [0.2, 0.25) is 0 Å². The van der Waals surface area contributed by atoms with Crippen LogP contribution in [0, 0.1) is 6.92 Å². The minimum atomic E-state index is 0.496. The average molecular weight is 319 g/mol. The first-order chi connectivity index (χ1) is 10.0. The second-order valence-corrected chi connectivity index (χ2v) is 5.54. The number of ether oxygens (including phenoxy) is 1. The van der Waals surface area contributed by atoms with E-state index < -0.39 is 0 Å². The summed E-state index contributed by atoms with van der Waals surface area (Å²) in [5.74, 6) is 1.17. The van der Waals surface area contributed by atoms with Gasteiger partial charge in [0, 0.05) is 39.4 Å². The maximum atomic E-state index is 6.14. The predicted octanol–water partition coefficient (Wildman–Crippen LogP) is 5.22. The molecule has 0 aliphatic carbocycles. The number of rotatable bonds is 2. The highest BCUT2D eigenvalue weighted by Gasteiger charge is 2.10. The maximum absolute atomic E-state index is 6.14. The smallest absolute Gasteiger partial charge is 0.147 e. The number of aryl methyl sites for hydroxylation is 1. The van der Waals surface area contributed by atoms with Crippen LogP contribution >= 0.6 is 23.2 Å². The molecule has 1 heterocycles. The van der Waals surface area contributed by atoms with E-state index in [2.05, 4.69) is 4.98 Å². The summed E-state index contributed by atoms with van der Waals surface area (Å²) in [7, 11) is 0. The molecule has 0 atom stereocenters. The van der Waals surface area contributed by atoms with Crippen LogP contribution in [0.4, 0.5) is 5.69 Å². The van der Waals surface area contributed by atoms with Gasteiger partial charge in [-0.25, -0.2) is 0 Å². The normalized spacial score (nSPS) is 10.8. The Bertz CT molecular complexity index is 834. The molecule has 2 N–H and O–H groups in total. The van der Waals surface area contributed by atoms with Crippen LogP contribution in [-0.2, 0) is 0 Å². The summed E-state index contributed by atoms with van der Waals surface area (Å²) in [4.78, 5) is 4.27. The molecule has 3 rings (SSSR count). The van der Waals surface area contributed by atoms with Gasteiger partial charge in [0.15, 0.2) is 0 Å². The Morgan fingerprint density at radius 2 is 1.81 bits per heavy atom. The van der Waals surface area contributed by atoms with Gasteiger partial charge < -0.3 is 10.5 Å². The lowest BCUT2D eigenvalue weighted by molar-refractivity contribution is 0.488. The van der Waals surface area contributed by atoms with E-state index >= 15 is 0 Å². The Morgan fingerprint density at radius 3 is 2.62 bits per heavy atom. The molecule has 5 heteroatoms. The highest BCUT2D eigenvalue weighted by Crippen LogP contribution is 2.36. The van der Waals surface area contributed by atoms with Gasteiger partial charge in [-0.15, -0.1) is 0 Å². The van der Waals surface area contributed by atoms with E-state index in [4.69, 9.17) is 33.7 Å². The molecule has 2 aromatic carbocycles. The summed E-state index contributed by atoms with van der Waals surface area (Å²) in [6, 6.07) is 10.6. The number of hydrogen-bond acceptors (Lipinski definition) is 3. The maximum Gasteiger partial charge on any atom is 0.147 e. The fourth-order valence-corrected chi connectivity index (χ4v) is 2.42. The zero-order chi connectivity index (χ0) is 15.0. The van der Waals surface area contributed by atoms with Gasteiger partial charge in [-0.3, -0.25) is 4.98 Å². The third kappa shape index (κ3) is 2.75. The Morgan fingerprint density at radius 1 is 1.00 bits per heavy atom. The van der Waals surface area contributed by atoms with E-state index in [0.717, 1.165) is 16.5 Å². The fourth-order valence-electron chi connectivity index (χ4n) is 2.10. The molecule has 0 fully saturated rings. The Hall–Kier alpha value is -1.97. The quantitative estimate of drug-likeness (QED) is 0.658. The number of nitrogens with zero attached hydrogens (tertiary/aromatic N) is 1. The van der Waals surface area contributed by atoms with Crippen LogP contribution in [0.25, 0.3) is 10.8 Å². The van der Waals surface area contributed by atoms with Gasteiger partial charge in [0.25, 0.3) is 0 Å². The zero-order valence-corrected chi connectivity index (χ0v) is 12.7. The Balaban J connectivity index is 2.14. The van der Waals surface area contributed by atoms with E-state index in [1.54, 1.807) is 30.5 Å². The fraction of sp³-hybridized carbons (Fsp3) is 0.0625. The zero-order valence-electron chi connectivity index (χ0n) is 11.2. The van der Waals surface area contributed by atoms with Crippen LogP contribution in [-0.4, -0.2) is 4.98 Å². The number of nitrogens with two attached hydrogens (primary N) is 1. The van der Waals surface area contributed by atoms with E-state index in [1.165, 1.54) is 0 Å². The van der Waals surface area contributed by atoms with Gasteiger partial charge in [0.05, 0.1) is 5.02 Å². The van der Waals surface area contributed by atoms with Crippen LogP contribution in [0.2, 0.25) is 10.0 Å². The molecule has 21 heavy (non-hydrogen) atoms. The van der Waals surface area contributed by atoms with E-state index in [-0.39, 0.29) is 0 Å². The van der Waals surface area contributed by atoms with Gasteiger partial charge in [-0.2, -0.15) is 0 Å². The summed E-state index contributed by atoms with van der Waals surface area (Å²) in [6.07, 6.45) is 1.74. The second-order valence-electron chi connectivity index (χ2n) is 4.70. The molecule has 0 saturated heterocycles. The van der Waals surface area contributed by atoms with E-state index in [0.29, 0.717) is 27.2 Å². The highest BCUT2D eigenvalue weighted by molar-refractivity contribution is 6.34. The molecular weight excluding hydrogens is 307 g/mol. The number of pyridine rings is 1. The number of halogens is 2. The predicted molar refractivity (Wildman–Crippen MR) is 87.4 cm³/mol. The van der Waals surface area contributed by atoms with Crippen molar-refractivity contribution >= 4 is 39.7 Å². The molecule has 0 unspecified atom stereocenters. The molecule has 0 aliphatic heterocycles. The molecule has 0 spiro atoms. The third-order valence-electron chi connectivity index (χ3n) is 3.14. The largest absolute Gasteiger partial charge is 0.455 e. The summed E-state index contributed by atoms with van der Waals surface area (Å²) in [6.45, 7) is 1.92. The molecular formula is C16H12Cl2N2O. The SMILES string of the molecule is Cc1cc2c(Oc3cc(Cl)ccc3Cl)ccc(N)c2cn1. The molecule has 0 aliphatic rings. The van der Waals surface area contributed by atoms with Crippen LogP contribution < -0.4 is 10.5 Å². The standard InChI is InChI=1S/C16H12Cl2N2O/c1-9-6-11-12(8-20-9)14(19)4-5-15(11)21-16-7-10(17)2-3-13(16)18/h2-8H,19H2,1H3. The van der Waals surface area contributed by atoms with E-state index in [9.17, 15) is 0 Å². The lowest BCUT2D eigenvalue weighted by atomic mass is 10.1. The third-order valence-corrected chi connectivity index (χ3v) is 3.69. The van der Waals surface area contributed by atoms with Crippen molar-refractivity contribution in [2.45, 2.75) is 6.92 Å². The average Bonchev–Trinajstić information content (AvgIpc) is 2.46. The first-order valence-corrected chi connectivity index (χ1v) is 7.08. The van der Waals surface area contributed by atoms with Crippen LogP contribution in [0.5, 0.6) is 11.5 Å². The molecule has 3 nitrogen and oxygen atoms in total. The molecule has 0 bridgehead atoms. The minimum Gasteiger partial charge on any atom is -0.455 e. The molecule has 106 valence electrons. The van der Waals surface area contributed by atoms with Crippen LogP contribution in [0.15, 0.2) is 42.6 Å². The number of hydrogen-bond donors (Lipinski definition) is 1. The number of nitrogen functional groups attached to an aromatic ring is 1. The summed E-state index contributed by atoms with van der Waals surface area (Å²) >= 11 is 12.1. The highest BCUT2D eigenvalue weighted by atomic mass is 35.5. The van der Waals surface area contributed by atoms with Crippen molar-refractivity contribution in [2.75, 3.05) is 5.73 Å². The molecule has 0 saturated carbocycles. The van der Waals surface area contributed by atoms with Crippen molar-refractivity contribution in [3.8, 4) is 11.5 Å². The lowest BCUT2D eigenvalue weighted by Gasteiger charge is -2.12. The van der Waals surface area contributed by atoms with Gasteiger partial charge in [-0.05, 0) is 37.3 Å². The summed E-state index contributed by atoms with van der Waals surface area (Å²) in [5, 5.41) is 2.79. The number of aromatic nitrogens is 1. The van der Waals surface area contributed by atoms with Crippen molar-refractivity contribution < 1.29 is 4.74 Å². The van der Waals surface area contributed by atoms with Crippen molar-refractivity contribution in [1.82, 2.24) is 4.98 Å². The van der Waals surface area contributed by atoms with Crippen molar-refractivity contribution in [3.05, 3.63) is 58.3 Å². The Kier molecular flexibility index (Phi) is 3.62. The van der Waals surface area contributed by atoms with Crippen LogP contribution in [0.1, 0.15) is 5.69 Å². The van der Waals surface area contributed by atoms with Crippen molar-refractivity contribution in [3.63, 3.8) is 0 Å². The second kappa shape index (κ2) is 5.43. The molecule has 3 aromatic rings. The van der Waals surface area contributed by atoms with Crippen molar-refractivity contribution in [2.24, 2.45) is 0 Å². The monoisotopic (exact) mass is 318 g/mol. The Labute approximate surface area is 132 Å². The first kappa shape index (κ1) is 14.0. The summed E-state index contributed by atoms with van der Waals surface area (Å²) in [5.41, 5.74) is 7.52. The number of benzene rings is 2.